The van der Waals surface area contributed by atoms with Crippen LogP contribution in [0, 0.1) is 5.82 Å². The highest BCUT2D eigenvalue weighted by molar-refractivity contribution is 6.33. The number of amides is 2. The van der Waals surface area contributed by atoms with E-state index in [4.69, 9.17) is 16.3 Å². The first-order chi connectivity index (χ1) is 10.7. The molecule has 2 rings (SSSR count). The third kappa shape index (κ3) is 4.00. The largest absolute Gasteiger partial charge is 0.374 e. The summed E-state index contributed by atoms with van der Waals surface area (Å²) in [6.07, 6.45) is -0.0660. The van der Waals surface area contributed by atoms with Crippen molar-refractivity contribution in [3.8, 4) is 0 Å². The predicted molar refractivity (Wildman–Crippen MR) is 84.9 cm³/mol. The van der Waals surface area contributed by atoms with Crippen LogP contribution in [0.5, 0.6) is 0 Å². The maximum Gasteiger partial charge on any atom is 0.256 e. The summed E-state index contributed by atoms with van der Waals surface area (Å²) < 4.78 is 19.2. The molecule has 126 valence electrons. The van der Waals surface area contributed by atoms with Crippen molar-refractivity contribution in [2.24, 2.45) is 0 Å². The van der Waals surface area contributed by atoms with E-state index in [0.29, 0.717) is 13.2 Å². The average Bonchev–Trinajstić information content (AvgIpc) is 2.47. The van der Waals surface area contributed by atoms with Crippen molar-refractivity contribution in [2.75, 3.05) is 19.7 Å². The van der Waals surface area contributed by atoms with E-state index in [1.165, 1.54) is 12.1 Å². The number of benzene rings is 1. The quantitative estimate of drug-likeness (QED) is 0.916. The summed E-state index contributed by atoms with van der Waals surface area (Å²) in [6, 6.07) is 3.99. The smallest absolute Gasteiger partial charge is 0.256 e. The SMILES string of the molecule is CC1CN(C(=O)CNC(=O)c2c(F)cccc2Cl)C(C)(C)CO1. The fourth-order valence-electron chi connectivity index (χ4n) is 2.47. The minimum atomic E-state index is -0.720. The summed E-state index contributed by atoms with van der Waals surface area (Å²) in [5.74, 6) is -1.67. The monoisotopic (exact) mass is 342 g/mol. The summed E-state index contributed by atoms with van der Waals surface area (Å²) in [7, 11) is 0. The highest BCUT2D eigenvalue weighted by Gasteiger charge is 2.36. The predicted octanol–water partition coefficient (Wildman–Crippen LogP) is 2.23. The molecule has 1 unspecified atom stereocenters. The van der Waals surface area contributed by atoms with Crippen LogP contribution in [0.1, 0.15) is 31.1 Å². The fraction of sp³-hybridized carbons (Fsp3) is 0.500. The molecular weight excluding hydrogens is 323 g/mol. The Hall–Kier alpha value is -1.66. The van der Waals surface area contributed by atoms with Crippen LogP contribution in [0.2, 0.25) is 5.02 Å². The number of carbonyl (C=O) groups is 2. The number of nitrogens with zero attached hydrogens (tertiary/aromatic N) is 1. The molecule has 0 bridgehead atoms. The summed E-state index contributed by atoms with van der Waals surface area (Å²) >= 11 is 5.84. The fourth-order valence-corrected chi connectivity index (χ4v) is 2.72. The number of morpholine rings is 1. The molecule has 0 aromatic heterocycles. The van der Waals surface area contributed by atoms with Gasteiger partial charge in [0.25, 0.3) is 5.91 Å². The van der Waals surface area contributed by atoms with Crippen molar-refractivity contribution in [2.45, 2.75) is 32.4 Å². The first-order valence-corrected chi connectivity index (χ1v) is 7.74. The first-order valence-electron chi connectivity index (χ1n) is 7.36. The lowest BCUT2D eigenvalue weighted by Crippen LogP contribution is -2.59. The van der Waals surface area contributed by atoms with E-state index in [1.807, 2.05) is 20.8 Å². The molecule has 1 fully saturated rings. The molecule has 1 aromatic rings. The molecule has 1 N–H and O–H groups in total. The molecular formula is C16H20ClFN2O3. The molecule has 2 amide bonds. The van der Waals surface area contributed by atoms with Crippen molar-refractivity contribution in [1.82, 2.24) is 10.2 Å². The van der Waals surface area contributed by atoms with Gasteiger partial charge in [0.15, 0.2) is 0 Å². The van der Waals surface area contributed by atoms with E-state index in [1.54, 1.807) is 4.90 Å². The molecule has 23 heavy (non-hydrogen) atoms. The molecule has 1 heterocycles. The molecule has 0 aliphatic carbocycles. The zero-order chi connectivity index (χ0) is 17.2. The third-order valence-electron chi connectivity index (χ3n) is 3.78. The maximum absolute atomic E-state index is 13.7. The van der Waals surface area contributed by atoms with Crippen molar-refractivity contribution in [3.63, 3.8) is 0 Å². The standard InChI is InChI=1S/C16H20ClFN2O3/c1-10-8-20(16(2,3)9-23-10)13(21)7-19-15(22)14-11(17)5-4-6-12(14)18/h4-6,10H,7-9H2,1-3H3,(H,19,22). The minimum Gasteiger partial charge on any atom is -0.374 e. The lowest BCUT2D eigenvalue weighted by atomic mass is 10.0. The van der Waals surface area contributed by atoms with Crippen molar-refractivity contribution in [3.05, 3.63) is 34.6 Å². The van der Waals surface area contributed by atoms with Gasteiger partial charge >= 0.3 is 0 Å². The van der Waals surface area contributed by atoms with Crippen molar-refractivity contribution < 1.29 is 18.7 Å². The molecule has 0 saturated carbocycles. The Morgan fingerprint density at radius 3 is 2.83 bits per heavy atom. The second kappa shape index (κ2) is 6.84. The molecule has 1 aliphatic rings. The van der Waals surface area contributed by atoms with E-state index in [0.717, 1.165) is 6.07 Å². The number of nitrogens with one attached hydrogen (secondary N) is 1. The van der Waals surface area contributed by atoms with Crippen molar-refractivity contribution in [1.29, 1.82) is 0 Å². The van der Waals surface area contributed by atoms with Gasteiger partial charge in [-0.25, -0.2) is 4.39 Å². The van der Waals surface area contributed by atoms with Crippen LogP contribution >= 0.6 is 11.6 Å². The zero-order valence-corrected chi connectivity index (χ0v) is 14.1. The molecule has 5 nitrogen and oxygen atoms in total. The number of halogens is 2. The van der Waals surface area contributed by atoms with Gasteiger partial charge in [-0.3, -0.25) is 9.59 Å². The number of rotatable bonds is 3. The summed E-state index contributed by atoms with van der Waals surface area (Å²) in [5.41, 5.74) is -0.708. The van der Waals surface area contributed by atoms with Gasteiger partial charge in [-0.05, 0) is 32.9 Å². The van der Waals surface area contributed by atoms with E-state index in [-0.39, 0.29) is 29.1 Å². The Labute approximate surface area is 139 Å². The summed E-state index contributed by atoms with van der Waals surface area (Å²) in [4.78, 5) is 26.1. The molecule has 1 saturated heterocycles. The molecule has 1 aromatic carbocycles. The van der Waals surface area contributed by atoms with Crippen LogP contribution in [0.25, 0.3) is 0 Å². The van der Waals surface area contributed by atoms with E-state index in [2.05, 4.69) is 5.32 Å². The van der Waals surface area contributed by atoms with Gasteiger partial charge in [-0.1, -0.05) is 17.7 Å². The van der Waals surface area contributed by atoms with Crippen LogP contribution in [0.3, 0.4) is 0 Å². The molecule has 1 aliphatic heterocycles. The lowest BCUT2D eigenvalue weighted by Gasteiger charge is -2.44. The number of ether oxygens (including phenoxy) is 1. The third-order valence-corrected chi connectivity index (χ3v) is 4.10. The summed E-state index contributed by atoms with van der Waals surface area (Å²) in [5, 5.41) is 2.44. The van der Waals surface area contributed by atoms with Crippen LogP contribution in [-0.4, -0.2) is 48.1 Å². The normalized spacial score (nSPS) is 20.2. The molecule has 0 spiro atoms. The average molecular weight is 343 g/mol. The van der Waals surface area contributed by atoms with Gasteiger partial charge in [0.2, 0.25) is 5.91 Å². The van der Waals surface area contributed by atoms with E-state index >= 15 is 0 Å². The van der Waals surface area contributed by atoms with Crippen LogP contribution < -0.4 is 5.32 Å². The lowest BCUT2D eigenvalue weighted by molar-refractivity contribution is -0.151. The number of carbonyl (C=O) groups excluding carboxylic acids is 2. The van der Waals surface area contributed by atoms with Gasteiger partial charge in [-0.15, -0.1) is 0 Å². The minimum absolute atomic E-state index is 0.00951. The highest BCUT2D eigenvalue weighted by Crippen LogP contribution is 2.22. The van der Waals surface area contributed by atoms with Crippen LogP contribution in [-0.2, 0) is 9.53 Å². The second-order valence-corrected chi connectivity index (χ2v) is 6.62. The Morgan fingerprint density at radius 2 is 2.17 bits per heavy atom. The number of hydrogen-bond acceptors (Lipinski definition) is 3. The Bertz CT molecular complexity index is 601. The topological polar surface area (TPSA) is 58.6 Å². The number of hydrogen-bond donors (Lipinski definition) is 1. The van der Waals surface area contributed by atoms with Gasteiger partial charge in [-0.2, -0.15) is 0 Å². The van der Waals surface area contributed by atoms with E-state index in [9.17, 15) is 14.0 Å². The first kappa shape index (κ1) is 17.7. The van der Waals surface area contributed by atoms with Crippen LogP contribution in [0.15, 0.2) is 18.2 Å². The zero-order valence-electron chi connectivity index (χ0n) is 13.4. The molecule has 0 radical (unpaired) electrons. The van der Waals surface area contributed by atoms with Crippen LogP contribution in [0.4, 0.5) is 4.39 Å². The second-order valence-electron chi connectivity index (χ2n) is 6.22. The highest BCUT2D eigenvalue weighted by atomic mass is 35.5. The van der Waals surface area contributed by atoms with E-state index < -0.39 is 17.3 Å². The molecule has 7 heteroatoms. The van der Waals surface area contributed by atoms with Gasteiger partial charge in [0.05, 0.1) is 35.4 Å². The van der Waals surface area contributed by atoms with Gasteiger partial charge < -0.3 is 15.0 Å². The summed E-state index contributed by atoms with van der Waals surface area (Å²) in [6.45, 7) is 6.32. The Balaban J connectivity index is 2.02. The Kier molecular flexibility index (Phi) is 5.26. The Morgan fingerprint density at radius 1 is 1.48 bits per heavy atom. The van der Waals surface area contributed by atoms with Gasteiger partial charge in [0.1, 0.15) is 5.82 Å². The van der Waals surface area contributed by atoms with Crippen molar-refractivity contribution >= 4 is 23.4 Å². The van der Waals surface area contributed by atoms with Gasteiger partial charge in [0, 0.05) is 6.54 Å². The maximum atomic E-state index is 13.7. The molecule has 1 atom stereocenters.